The molecule has 1 aliphatic carbocycles. The molecule has 1 aromatic rings. The molecule has 2 nitrogen and oxygen atoms in total. The Kier molecular flexibility index (Phi) is 5.44. The van der Waals surface area contributed by atoms with Crippen LogP contribution in [0.4, 0.5) is 5.69 Å². The highest BCUT2D eigenvalue weighted by molar-refractivity contribution is 9.10. The Balaban J connectivity index is 1.98. The molecular weight excluding hydrogens is 302 g/mol. The van der Waals surface area contributed by atoms with Crippen molar-refractivity contribution in [2.75, 3.05) is 5.32 Å². The molecule has 0 aliphatic heterocycles. The van der Waals surface area contributed by atoms with Crippen molar-refractivity contribution in [2.45, 2.75) is 51.9 Å². The Morgan fingerprint density at radius 1 is 1.16 bits per heavy atom. The number of carbonyl (C=O) groups excluding carboxylic acids is 1. The van der Waals surface area contributed by atoms with E-state index in [9.17, 15) is 4.79 Å². The van der Waals surface area contributed by atoms with E-state index in [1.807, 2.05) is 25.1 Å². The van der Waals surface area contributed by atoms with E-state index in [0.29, 0.717) is 0 Å². The average molecular weight is 324 g/mol. The van der Waals surface area contributed by atoms with Crippen LogP contribution in [0.15, 0.2) is 22.7 Å². The molecule has 1 aromatic carbocycles. The number of aryl methyl sites for hydroxylation is 1. The van der Waals surface area contributed by atoms with E-state index in [4.69, 9.17) is 0 Å². The normalized spacial score (nSPS) is 17.6. The van der Waals surface area contributed by atoms with Gasteiger partial charge in [0.15, 0.2) is 0 Å². The minimum absolute atomic E-state index is 0.198. The minimum Gasteiger partial charge on any atom is -0.326 e. The number of halogens is 1. The summed E-state index contributed by atoms with van der Waals surface area (Å²) in [4.78, 5) is 12.3. The third kappa shape index (κ3) is 4.34. The molecule has 1 saturated carbocycles. The number of carbonyl (C=O) groups is 1. The smallest absolute Gasteiger partial charge is 0.227 e. The maximum Gasteiger partial charge on any atom is 0.227 e. The Hall–Kier alpha value is -0.830. The third-order valence-electron chi connectivity index (χ3n) is 3.92. The molecule has 0 radical (unpaired) electrons. The van der Waals surface area contributed by atoms with Crippen molar-refractivity contribution in [3.05, 3.63) is 28.2 Å². The van der Waals surface area contributed by atoms with Gasteiger partial charge in [-0.05, 0) is 43.5 Å². The fourth-order valence-electron chi connectivity index (χ4n) is 2.72. The van der Waals surface area contributed by atoms with Gasteiger partial charge < -0.3 is 5.32 Å². The summed E-state index contributed by atoms with van der Waals surface area (Å²) in [6.45, 7) is 2.03. The summed E-state index contributed by atoms with van der Waals surface area (Å²) in [5, 5.41) is 3.10. The van der Waals surface area contributed by atoms with Crippen molar-refractivity contribution >= 4 is 27.5 Å². The lowest BCUT2D eigenvalue weighted by Gasteiger charge is -2.19. The molecule has 3 heteroatoms. The molecule has 1 aliphatic rings. The Labute approximate surface area is 124 Å². The molecular formula is C16H22BrNO. The number of benzene rings is 1. The summed E-state index contributed by atoms with van der Waals surface area (Å²) in [5.74, 6) is 0.399. The fourth-order valence-corrected chi connectivity index (χ4v) is 3.20. The molecule has 0 heterocycles. The van der Waals surface area contributed by atoms with Gasteiger partial charge in [-0.1, -0.05) is 48.0 Å². The number of hydrogen-bond donors (Lipinski definition) is 1. The van der Waals surface area contributed by atoms with Gasteiger partial charge >= 0.3 is 0 Å². The van der Waals surface area contributed by atoms with Crippen LogP contribution < -0.4 is 5.32 Å². The first-order chi connectivity index (χ1) is 9.16. The fraction of sp³-hybridized carbons (Fsp3) is 0.562. The van der Waals surface area contributed by atoms with Crippen LogP contribution in [0.5, 0.6) is 0 Å². The van der Waals surface area contributed by atoms with Gasteiger partial charge in [-0.2, -0.15) is 0 Å². The van der Waals surface area contributed by atoms with Crippen LogP contribution in [0, 0.1) is 12.8 Å². The zero-order valence-electron chi connectivity index (χ0n) is 11.5. The Morgan fingerprint density at radius 2 is 1.79 bits per heavy atom. The second kappa shape index (κ2) is 7.09. The van der Waals surface area contributed by atoms with E-state index in [-0.39, 0.29) is 11.8 Å². The molecule has 1 amide bonds. The number of nitrogens with one attached hydrogen (secondary N) is 1. The summed E-state index contributed by atoms with van der Waals surface area (Å²) in [5.41, 5.74) is 2.05. The zero-order valence-corrected chi connectivity index (χ0v) is 13.1. The quantitative estimate of drug-likeness (QED) is 0.810. The van der Waals surface area contributed by atoms with Crippen molar-refractivity contribution < 1.29 is 4.79 Å². The lowest BCUT2D eigenvalue weighted by molar-refractivity contribution is -0.120. The molecule has 0 spiro atoms. The lowest BCUT2D eigenvalue weighted by atomic mass is 9.90. The second-order valence-electron chi connectivity index (χ2n) is 5.49. The Morgan fingerprint density at radius 3 is 2.42 bits per heavy atom. The summed E-state index contributed by atoms with van der Waals surface area (Å²) >= 11 is 3.45. The van der Waals surface area contributed by atoms with E-state index in [1.165, 1.54) is 32.1 Å². The summed E-state index contributed by atoms with van der Waals surface area (Å²) in [7, 11) is 0. The Bertz CT molecular complexity index is 436. The van der Waals surface area contributed by atoms with Crippen molar-refractivity contribution in [2.24, 2.45) is 5.92 Å². The SMILES string of the molecule is Cc1cc(Br)ccc1NC(=O)C1CCCCCCC1. The predicted molar refractivity (Wildman–Crippen MR) is 83.3 cm³/mol. The van der Waals surface area contributed by atoms with Crippen LogP contribution in [0.3, 0.4) is 0 Å². The average Bonchev–Trinajstić information content (AvgIpc) is 2.32. The summed E-state index contributed by atoms with van der Waals surface area (Å²) in [6.07, 6.45) is 8.36. The van der Waals surface area contributed by atoms with Crippen LogP contribution in [0.1, 0.15) is 50.5 Å². The van der Waals surface area contributed by atoms with Crippen molar-refractivity contribution in [1.82, 2.24) is 0 Å². The number of rotatable bonds is 2. The van der Waals surface area contributed by atoms with Crippen LogP contribution >= 0.6 is 15.9 Å². The van der Waals surface area contributed by atoms with Crippen molar-refractivity contribution in [3.8, 4) is 0 Å². The number of amides is 1. The van der Waals surface area contributed by atoms with Gasteiger partial charge in [0.1, 0.15) is 0 Å². The molecule has 0 atom stereocenters. The summed E-state index contributed by atoms with van der Waals surface area (Å²) < 4.78 is 1.05. The van der Waals surface area contributed by atoms with Crippen molar-refractivity contribution in [3.63, 3.8) is 0 Å². The van der Waals surface area contributed by atoms with Gasteiger partial charge in [-0.15, -0.1) is 0 Å². The maximum absolute atomic E-state index is 12.3. The first kappa shape index (κ1) is 14.6. The molecule has 1 fully saturated rings. The van der Waals surface area contributed by atoms with E-state index < -0.39 is 0 Å². The molecule has 19 heavy (non-hydrogen) atoms. The topological polar surface area (TPSA) is 29.1 Å². The summed E-state index contributed by atoms with van der Waals surface area (Å²) in [6, 6.07) is 5.98. The predicted octanol–water partition coefficient (Wildman–Crippen LogP) is 5.06. The van der Waals surface area contributed by atoms with E-state index >= 15 is 0 Å². The van der Waals surface area contributed by atoms with Gasteiger partial charge in [0.05, 0.1) is 0 Å². The van der Waals surface area contributed by atoms with E-state index in [2.05, 4.69) is 21.2 Å². The van der Waals surface area contributed by atoms with Crippen LogP contribution in [0.25, 0.3) is 0 Å². The largest absolute Gasteiger partial charge is 0.326 e. The molecule has 104 valence electrons. The van der Waals surface area contributed by atoms with Crippen LogP contribution in [-0.4, -0.2) is 5.91 Å². The lowest BCUT2D eigenvalue weighted by Crippen LogP contribution is -2.24. The highest BCUT2D eigenvalue weighted by atomic mass is 79.9. The highest BCUT2D eigenvalue weighted by Gasteiger charge is 2.19. The van der Waals surface area contributed by atoms with E-state index in [1.54, 1.807) is 0 Å². The van der Waals surface area contributed by atoms with Crippen molar-refractivity contribution in [1.29, 1.82) is 0 Å². The highest BCUT2D eigenvalue weighted by Crippen LogP contribution is 2.25. The second-order valence-corrected chi connectivity index (χ2v) is 6.41. The molecule has 0 unspecified atom stereocenters. The zero-order chi connectivity index (χ0) is 13.7. The van der Waals surface area contributed by atoms with Crippen LogP contribution in [-0.2, 0) is 4.79 Å². The van der Waals surface area contributed by atoms with Gasteiger partial charge in [0.2, 0.25) is 5.91 Å². The maximum atomic E-state index is 12.3. The standard InChI is InChI=1S/C16H22BrNO/c1-12-11-14(17)9-10-15(12)18-16(19)13-7-5-3-2-4-6-8-13/h9-11,13H,2-8H2,1H3,(H,18,19). The first-order valence-corrected chi connectivity index (χ1v) is 8.03. The molecule has 0 bridgehead atoms. The van der Waals surface area contributed by atoms with Gasteiger partial charge in [-0.3, -0.25) is 4.79 Å². The molecule has 0 aromatic heterocycles. The number of anilines is 1. The molecule has 1 N–H and O–H groups in total. The van der Waals surface area contributed by atoms with E-state index in [0.717, 1.165) is 28.6 Å². The first-order valence-electron chi connectivity index (χ1n) is 7.24. The third-order valence-corrected chi connectivity index (χ3v) is 4.42. The molecule has 0 saturated heterocycles. The molecule has 2 rings (SSSR count). The van der Waals surface area contributed by atoms with Crippen LogP contribution in [0.2, 0.25) is 0 Å². The van der Waals surface area contributed by atoms with Gasteiger partial charge in [0.25, 0.3) is 0 Å². The monoisotopic (exact) mass is 323 g/mol. The van der Waals surface area contributed by atoms with Gasteiger partial charge in [0, 0.05) is 16.1 Å². The minimum atomic E-state index is 0.198. The number of hydrogen-bond acceptors (Lipinski definition) is 1. The van der Waals surface area contributed by atoms with Gasteiger partial charge in [-0.25, -0.2) is 0 Å².